The molecule has 3 aromatic heterocycles. The van der Waals surface area contributed by atoms with Crippen LogP contribution in [0.3, 0.4) is 0 Å². The second-order valence-corrected chi connectivity index (χ2v) is 6.23. The fourth-order valence-electron chi connectivity index (χ4n) is 2.75. The zero-order chi connectivity index (χ0) is 20.2. The van der Waals surface area contributed by atoms with Gasteiger partial charge in [-0.15, -0.1) is 0 Å². The van der Waals surface area contributed by atoms with Gasteiger partial charge in [0.05, 0.1) is 23.6 Å². The van der Waals surface area contributed by atoms with E-state index < -0.39 is 0 Å². The Hall–Kier alpha value is -4.14. The summed E-state index contributed by atoms with van der Waals surface area (Å²) in [5.41, 5.74) is 2.09. The number of anilines is 1. The average molecular weight is 387 g/mol. The van der Waals surface area contributed by atoms with Crippen LogP contribution in [0, 0.1) is 0 Å². The number of carbonyl (C=O) groups is 1. The van der Waals surface area contributed by atoms with Crippen LogP contribution in [0.1, 0.15) is 10.4 Å². The molecule has 29 heavy (non-hydrogen) atoms. The van der Waals surface area contributed by atoms with Crippen molar-refractivity contribution in [3.05, 3.63) is 83.3 Å². The Bertz CT molecular complexity index is 1180. The molecule has 0 saturated carbocycles. The van der Waals surface area contributed by atoms with E-state index in [1.807, 2.05) is 24.4 Å². The van der Waals surface area contributed by atoms with Crippen molar-refractivity contribution < 1.29 is 4.79 Å². The molecule has 4 rings (SSSR count). The van der Waals surface area contributed by atoms with E-state index in [4.69, 9.17) is 0 Å². The Kier molecular flexibility index (Phi) is 4.93. The highest BCUT2D eigenvalue weighted by Gasteiger charge is 2.11. The van der Waals surface area contributed by atoms with Crippen LogP contribution in [0.2, 0.25) is 0 Å². The van der Waals surface area contributed by atoms with E-state index in [0.29, 0.717) is 17.0 Å². The summed E-state index contributed by atoms with van der Waals surface area (Å²) in [4.78, 5) is 37.2. The highest BCUT2D eigenvalue weighted by molar-refractivity contribution is 5.98. The van der Waals surface area contributed by atoms with Crippen molar-refractivity contribution in [2.24, 2.45) is 7.05 Å². The Morgan fingerprint density at radius 1 is 1.10 bits per heavy atom. The maximum atomic E-state index is 12.5. The highest BCUT2D eigenvalue weighted by Crippen LogP contribution is 2.14. The number of Topliss-reactive ketones (excluding diaryl/α,β-unsaturated/α-hetero) is 1. The number of hydrogen-bond donors (Lipinski definition) is 1. The van der Waals surface area contributed by atoms with Crippen molar-refractivity contribution in [3.8, 4) is 17.1 Å². The van der Waals surface area contributed by atoms with Crippen molar-refractivity contribution in [2.45, 2.75) is 0 Å². The summed E-state index contributed by atoms with van der Waals surface area (Å²) >= 11 is 0. The van der Waals surface area contributed by atoms with E-state index in [-0.39, 0.29) is 23.8 Å². The third-order valence-corrected chi connectivity index (χ3v) is 4.34. The minimum atomic E-state index is -0.257. The van der Waals surface area contributed by atoms with Crippen LogP contribution in [-0.2, 0) is 7.05 Å². The first-order valence-corrected chi connectivity index (χ1v) is 8.83. The number of ketones is 1. The number of nitrogens with zero attached hydrogens (tertiary/aromatic N) is 6. The van der Waals surface area contributed by atoms with Gasteiger partial charge in [0.15, 0.2) is 5.78 Å². The van der Waals surface area contributed by atoms with Crippen LogP contribution in [0.15, 0.2) is 72.2 Å². The van der Waals surface area contributed by atoms with Crippen molar-refractivity contribution in [1.82, 2.24) is 29.3 Å². The van der Waals surface area contributed by atoms with Crippen LogP contribution in [-0.4, -0.2) is 41.6 Å². The summed E-state index contributed by atoms with van der Waals surface area (Å²) < 4.78 is 3.06. The summed E-state index contributed by atoms with van der Waals surface area (Å²) in [5, 5.41) is 7.10. The van der Waals surface area contributed by atoms with Crippen molar-refractivity contribution >= 4 is 11.7 Å². The van der Waals surface area contributed by atoms with Crippen LogP contribution in [0.5, 0.6) is 0 Å². The van der Waals surface area contributed by atoms with Crippen molar-refractivity contribution in [2.75, 3.05) is 11.9 Å². The molecule has 144 valence electrons. The molecule has 0 aliphatic rings. The Balaban J connectivity index is 1.50. The molecule has 0 fully saturated rings. The van der Waals surface area contributed by atoms with E-state index in [2.05, 4.69) is 25.4 Å². The molecule has 0 atom stereocenters. The first-order valence-electron chi connectivity index (χ1n) is 8.83. The van der Waals surface area contributed by atoms with E-state index in [0.717, 1.165) is 5.69 Å². The van der Waals surface area contributed by atoms with Gasteiger partial charge < -0.3 is 5.32 Å². The third-order valence-electron chi connectivity index (χ3n) is 4.34. The summed E-state index contributed by atoms with van der Waals surface area (Å²) in [6.07, 6.45) is 6.48. The van der Waals surface area contributed by atoms with Crippen LogP contribution >= 0.6 is 0 Å². The van der Waals surface area contributed by atoms with Gasteiger partial charge in [-0.25, -0.2) is 19.6 Å². The van der Waals surface area contributed by atoms with Gasteiger partial charge >= 0.3 is 0 Å². The Morgan fingerprint density at radius 2 is 1.93 bits per heavy atom. The van der Waals surface area contributed by atoms with Gasteiger partial charge in [-0.1, -0.05) is 0 Å². The van der Waals surface area contributed by atoms with E-state index in [9.17, 15) is 9.59 Å². The van der Waals surface area contributed by atoms with Gasteiger partial charge in [-0.3, -0.25) is 14.2 Å². The zero-order valence-corrected chi connectivity index (χ0v) is 15.6. The van der Waals surface area contributed by atoms with E-state index >= 15 is 0 Å². The second-order valence-electron chi connectivity index (χ2n) is 6.23. The SMILES string of the molecule is Cn1c(NCC(=O)c2ccc(-n3cccn3)cc2)nc(-c2ccncn2)cc1=O. The topological polar surface area (TPSA) is 108 Å². The van der Waals surface area contributed by atoms with Crippen LogP contribution < -0.4 is 10.9 Å². The molecule has 0 bridgehead atoms. The lowest BCUT2D eigenvalue weighted by atomic mass is 10.1. The Labute approximate surface area is 165 Å². The van der Waals surface area contributed by atoms with Crippen LogP contribution in [0.25, 0.3) is 17.1 Å². The minimum Gasteiger partial charge on any atom is -0.348 e. The van der Waals surface area contributed by atoms with Gasteiger partial charge in [0.25, 0.3) is 5.56 Å². The summed E-state index contributed by atoms with van der Waals surface area (Å²) in [6.45, 7) is -0.00533. The number of nitrogens with one attached hydrogen (secondary N) is 1. The molecule has 0 spiro atoms. The molecule has 3 heterocycles. The number of rotatable bonds is 6. The molecule has 0 aliphatic heterocycles. The average Bonchev–Trinajstić information content (AvgIpc) is 3.30. The van der Waals surface area contributed by atoms with Gasteiger partial charge in [-0.2, -0.15) is 5.10 Å². The fourth-order valence-corrected chi connectivity index (χ4v) is 2.75. The molecule has 1 aromatic carbocycles. The lowest BCUT2D eigenvalue weighted by molar-refractivity contribution is 0.101. The predicted octanol–water partition coefficient (Wildman–Crippen LogP) is 1.72. The lowest BCUT2D eigenvalue weighted by Gasteiger charge is -2.11. The number of benzene rings is 1. The molecule has 4 aromatic rings. The highest BCUT2D eigenvalue weighted by atomic mass is 16.1. The second kappa shape index (κ2) is 7.85. The molecular weight excluding hydrogens is 370 g/mol. The molecule has 0 saturated heterocycles. The first-order chi connectivity index (χ1) is 14.1. The van der Waals surface area contributed by atoms with Gasteiger partial charge in [0.2, 0.25) is 5.95 Å². The zero-order valence-electron chi connectivity index (χ0n) is 15.6. The van der Waals surface area contributed by atoms with E-state index in [1.165, 1.54) is 17.0 Å². The molecule has 0 aliphatic carbocycles. The first kappa shape index (κ1) is 18.2. The number of aromatic nitrogens is 6. The Morgan fingerprint density at radius 3 is 2.62 bits per heavy atom. The van der Waals surface area contributed by atoms with Gasteiger partial charge in [0, 0.05) is 37.3 Å². The number of hydrogen-bond acceptors (Lipinski definition) is 7. The summed E-state index contributed by atoms with van der Waals surface area (Å²) in [7, 11) is 1.59. The minimum absolute atomic E-state index is 0.00533. The maximum absolute atomic E-state index is 12.5. The third kappa shape index (κ3) is 3.93. The van der Waals surface area contributed by atoms with E-state index in [1.54, 1.807) is 42.3 Å². The normalized spacial score (nSPS) is 10.7. The maximum Gasteiger partial charge on any atom is 0.255 e. The molecule has 0 amide bonds. The summed E-state index contributed by atoms with van der Waals surface area (Å²) in [6, 6.07) is 12.0. The standard InChI is InChI=1S/C20H17N7O2/c1-26-19(29)11-17(16-7-9-21-13-23-16)25-20(26)22-12-18(28)14-3-5-15(6-4-14)27-10-2-8-24-27/h2-11,13H,12H2,1H3,(H,22,25). The molecular formula is C20H17N7O2. The largest absolute Gasteiger partial charge is 0.348 e. The monoisotopic (exact) mass is 387 g/mol. The van der Waals surface area contributed by atoms with Crippen molar-refractivity contribution in [3.63, 3.8) is 0 Å². The fraction of sp³-hybridized carbons (Fsp3) is 0.100. The van der Waals surface area contributed by atoms with Gasteiger partial charge in [0.1, 0.15) is 6.33 Å². The van der Waals surface area contributed by atoms with Gasteiger partial charge in [-0.05, 0) is 36.4 Å². The smallest absolute Gasteiger partial charge is 0.255 e. The quantitative estimate of drug-likeness (QED) is 0.502. The molecule has 9 nitrogen and oxygen atoms in total. The summed E-state index contributed by atoms with van der Waals surface area (Å²) in [5.74, 6) is 0.159. The predicted molar refractivity (Wildman–Crippen MR) is 107 cm³/mol. The van der Waals surface area contributed by atoms with Crippen molar-refractivity contribution in [1.29, 1.82) is 0 Å². The van der Waals surface area contributed by atoms with Crippen LogP contribution in [0.4, 0.5) is 5.95 Å². The molecule has 0 unspecified atom stereocenters. The molecule has 1 N–H and O–H groups in total. The number of carbonyl (C=O) groups excluding carboxylic acids is 1. The molecule has 9 heteroatoms. The molecule has 0 radical (unpaired) electrons. The lowest BCUT2D eigenvalue weighted by Crippen LogP contribution is -2.24.